The minimum atomic E-state index is -3.55. The average Bonchev–Trinajstić information content (AvgIpc) is 2.62. The Morgan fingerprint density at radius 1 is 1.12 bits per heavy atom. The van der Waals surface area contributed by atoms with Crippen LogP contribution in [0.2, 0.25) is 0 Å². The highest BCUT2D eigenvalue weighted by Crippen LogP contribution is 2.19. The van der Waals surface area contributed by atoms with Crippen LogP contribution in [0.3, 0.4) is 0 Å². The fourth-order valence-corrected chi connectivity index (χ4v) is 4.40. The van der Waals surface area contributed by atoms with E-state index in [4.69, 9.17) is 0 Å². The lowest BCUT2D eigenvalue weighted by Crippen LogP contribution is -2.35. The summed E-state index contributed by atoms with van der Waals surface area (Å²) in [5, 5.41) is 0.0310. The number of amides is 1. The molecule has 0 bridgehead atoms. The molecule has 1 saturated heterocycles. The van der Waals surface area contributed by atoms with E-state index in [0.717, 1.165) is 36.8 Å². The van der Waals surface area contributed by atoms with Gasteiger partial charge >= 0.3 is 0 Å². The Bertz CT molecular complexity index is 860. The van der Waals surface area contributed by atoms with Crippen molar-refractivity contribution in [2.75, 3.05) is 13.1 Å². The number of pyridine rings is 1. The zero-order valence-corrected chi connectivity index (χ0v) is 16.1. The van der Waals surface area contributed by atoms with Gasteiger partial charge in [-0.15, -0.1) is 0 Å². The predicted octanol–water partition coefficient (Wildman–Crippen LogP) is 3.44. The smallest absolute Gasteiger partial charge is 0.253 e. The number of likely N-dealkylation sites (tertiary alicyclic amines) is 1. The van der Waals surface area contributed by atoms with Crippen LogP contribution in [0.25, 0.3) is 0 Å². The van der Waals surface area contributed by atoms with Crippen LogP contribution in [0.15, 0.2) is 52.1 Å². The molecule has 3 rings (SSSR count). The molecule has 2 heterocycles. The first-order chi connectivity index (χ1) is 12.0. The molecule has 0 radical (unpaired) electrons. The average molecular weight is 423 g/mol. The van der Waals surface area contributed by atoms with Gasteiger partial charge in [-0.2, -0.15) is 0 Å². The van der Waals surface area contributed by atoms with Crippen molar-refractivity contribution in [3.8, 4) is 0 Å². The number of rotatable bonds is 4. The molecule has 0 saturated carbocycles. The van der Waals surface area contributed by atoms with Crippen molar-refractivity contribution < 1.29 is 13.2 Å². The number of nitrogens with zero attached hydrogens (tertiary/aromatic N) is 2. The van der Waals surface area contributed by atoms with Gasteiger partial charge in [0.15, 0.2) is 14.9 Å². The van der Waals surface area contributed by atoms with Crippen molar-refractivity contribution in [3.05, 3.63) is 58.2 Å². The molecule has 0 atom stereocenters. The molecule has 1 fully saturated rings. The van der Waals surface area contributed by atoms with Gasteiger partial charge < -0.3 is 4.90 Å². The highest BCUT2D eigenvalue weighted by atomic mass is 79.9. The van der Waals surface area contributed by atoms with Crippen LogP contribution in [-0.4, -0.2) is 37.3 Å². The summed E-state index contributed by atoms with van der Waals surface area (Å²) < 4.78 is 25.8. The lowest BCUT2D eigenvalue weighted by Gasteiger charge is -2.26. The highest BCUT2D eigenvalue weighted by Gasteiger charge is 2.20. The third-order valence-corrected chi connectivity index (χ3v) is 6.25. The Hall–Kier alpha value is -1.73. The maximum atomic E-state index is 12.6. The lowest BCUT2D eigenvalue weighted by molar-refractivity contribution is 0.0724. The number of carbonyl (C=O) groups excluding carboxylic acids is 1. The monoisotopic (exact) mass is 422 g/mol. The first-order valence-electron chi connectivity index (χ1n) is 8.18. The third kappa shape index (κ3) is 4.46. The highest BCUT2D eigenvalue weighted by molar-refractivity contribution is 9.10. The van der Waals surface area contributed by atoms with Crippen molar-refractivity contribution in [3.63, 3.8) is 0 Å². The summed E-state index contributed by atoms with van der Waals surface area (Å²) in [4.78, 5) is 18.4. The van der Waals surface area contributed by atoms with Crippen molar-refractivity contribution in [1.29, 1.82) is 0 Å². The van der Waals surface area contributed by atoms with E-state index in [1.54, 1.807) is 30.3 Å². The van der Waals surface area contributed by atoms with Gasteiger partial charge in [-0.05, 0) is 65.0 Å². The predicted molar refractivity (Wildman–Crippen MR) is 99.0 cm³/mol. The summed E-state index contributed by atoms with van der Waals surface area (Å²) in [6.07, 6.45) is 4.66. The summed E-state index contributed by atoms with van der Waals surface area (Å²) in [5.74, 6) is -0.205. The van der Waals surface area contributed by atoms with Gasteiger partial charge in [0.2, 0.25) is 0 Å². The summed E-state index contributed by atoms with van der Waals surface area (Å²) in [7, 11) is -3.55. The van der Waals surface area contributed by atoms with Gasteiger partial charge in [0, 0.05) is 29.3 Å². The van der Waals surface area contributed by atoms with Crippen molar-refractivity contribution in [2.45, 2.75) is 30.0 Å². The van der Waals surface area contributed by atoms with Gasteiger partial charge in [0.25, 0.3) is 5.91 Å². The number of piperidine rings is 1. The molecule has 2 aromatic rings. The molecule has 7 heteroatoms. The Labute approximate surface area is 156 Å². The van der Waals surface area contributed by atoms with Crippen LogP contribution in [0.5, 0.6) is 0 Å². The quantitative estimate of drug-likeness (QED) is 0.756. The normalized spacial score (nSPS) is 15.2. The molecule has 0 unspecified atom stereocenters. The second-order valence-corrected chi connectivity index (χ2v) is 8.98. The summed E-state index contributed by atoms with van der Waals surface area (Å²) in [5.41, 5.74) is 1.13. The lowest BCUT2D eigenvalue weighted by atomic mass is 10.1. The van der Waals surface area contributed by atoms with E-state index in [1.165, 1.54) is 12.3 Å². The Kier molecular flexibility index (Phi) is 5.54. The number of hydrogen-bond acceptors (Lipinski definition) is 4. The largest absolute Gasteiger partial charge is 0.339 e. The van der Waals surface area contributed by atoms with E-state index in [-0.39, 0.29) is 16.7 Å². The molecule has 0 spiro atoms. The topological polar surface area (TPSA) is 67.3 Å². The standard InChI is InChI=1S/C18H19BrN2O3S/c19-16-7-8-17(20-12-16)25(23,24)13-14-5-4-6-15(11-14)18(22)21-9-2-1-3-10-21/h4-8,11-12H,1-3,9-10,13H2. The first kappa shape index (κ1) is 18.1. The van der Waals surface area contributed by atoms with E-state index < -0.39 is 9.84 Å². The molecule has 132 valence electrons. The molecule has 1 aromatic heterocycles. The van der Waals surface area contributed by atoms with E-state index in [1.807, 2.05) is 4.90 Å². The van der Waals surface area contributed by atoms with Crippen LogP contribution < -0.4 is 0 Å². The van der Waals surface area contributed by atoms with Gasteiger partial charge in [-0.3, -0.25) is 4.79 Å². The second-order valence-electron chi connectivity index (χ2n) is 6.13. The van der Waals surface area contributed by atoms with E-state index in [0.29, 0.717) is 11.1 Å². The summed E-state index contributed by atoms with van der Waals surface area (Å²) in [6.45, 7) is 1.54. The number of sulfone groups is 1. The Morgan fingerprint density at radius 2 is 1.88 bits per heavy atom. The molecule has 0 aliphatic carbocycles. The maximum Gasteiger partial charge on any atom is 0.253 e. The minimum absolute atomic E-state index is 0.0271. The van der Waals surface area contributed by atoms with E-state index >= 15 is 0 Å². The van der Waals surface area contributed by atoms with Crippen LogP contribution >= 0.6 is 15.9 Å². The summed E-state index contributed by atoms with van der Waals surface area (Å²) >= 11 is 3.24. The minimum Gasteiger partial charge on any atom is -0.339 e. The number of benzene rings is 1. The zero-order chi connectivity index (χ0) is 17.9. The van der Waals surface area contributed by atoms with Gasteiger partial charge in [0.05, 0.1) is 5.75 Å². The van der Waals surface area contributed by atoms with Gasteiger partial charge in [-0.25, -0.2) is 13.4 Å². The van der Waals surface area contributed by atoms with Crippen LogP contribution in [-0.2, 0) is 15.6 Å². The first-order valence-corrected chi connectivity index (χ1v) is 10.6. The molecular weight excluding hydrogens is 404 g/mol. The molecule has 1 amide bonds. The number of carbonyl (C=O) groups is 1. The van der Waals surface area contributed by atoms with Crippen molar-refractivity contribution >= 4 is 31.7 Å². The van der Waals surface area contributed by atoms with Gasteiger partial charge in [-0.1, -0.05) is 12.1 Å². The second kappa shape index (κ2) is 7.66. The molecule has 1 aliphatic rings. The summed E-state index contributed by atoms with van der Waals surface area (Å²) in [6, 6.07) is 10.00. The molecule has 1 aliphatic heterocycles. The number of aromatic nitrogens is 1. The fraction of sp³-hybridized carbons (Fsp3) is 0.333. The van der Waals surface area contributed by atoms with Crippen LogP contribution in [0.4, 0.5) is 0 Å². The van der Waals surface area contributed by atoms with Crippen molar-refractivity contribution in [1.82, 2.24) is 9.88 Å². The SMILES string of the molecule is O=C(c1cccc(CS(=O)(=O)c2ccc(Br)cn2)c1)N1CCCCC1. The molecule has 0 N–H and O–H groups in total. The van der Waals surface area contributed by atoms with E-state index in [9.17, 15) is 13.2 Å². The van der Waals surface area contributed by atoms with Crippen LogP contribution in [0, 0.1) is 0 Å². The molecular formula is C18H19BrN2O3S. The zero-order valence-electron chi connectivity index (χ0n) is 13.7. The number of halogens is 1. The molecule has 5 nitrogen and oxygen atoms in total. The van der Waals surface area contributed by atoms with Gasteiger partial charge in [0.1, 0.15) is 0 Å². The van der Waals surface area contributed by atoms with Crippen LogP contribution in [0.1, 0.15) is 35.2 Å². The van der Waals surface area contributed by atoms with Crippen molar-refractivity contribution in [2.24, 2.45) is 0 Å². The molecule has 1 aromatic carbocycles. The number of hydrogen-bond donors (Lipinski definition) is 0. The maximum absolute atomic E-state index is 12.6. The third-order valence-electron chi connectivity index (χ3n) is 4.19. The van der Waals surface area contributed by atoms with E-state index in [2.05, 4.69) is 20.9 Å². The molecule has 25 heavy (non-hydrogen) atoms. The Balaban J connectivity index is 1.79. The Morgan fingerprint density at radius 3 is 2.56 bits per heavy atom. The fourth-order valence-electron chi connectivity index (χ4n) is 2.91.